The highest BCUT2D eigenvalue weighted by Gasteiger charge is 2.24. The van der Waals surface area contributed by atoms with Crippen LogP contribution in [0.5, 0.6) is 0 Å². The molecule has 0 amide bonds. The Morgan fingerprint density at radius 2 is 0.881 bits per heavy atom. The van der Waals surface area contributed by atoms with Gasteiger partial charge in [-0.2, -0.15) is 0 Å². The van der Waals surface area contributed by atoms with Crippen molar-refractivity contribution in [3.63, 3.8) is 0 Å². The lowest BCUT2D eigenvalue weighted by Crippen LogP contribution is -1.91. The molecular formula is C40H24OS. The van der Waals surface area contributed by atoms with E-state index >= 15 is 0 Å². The Hall–Kier alpha value is -5.18. The van der Waals surface area contributed by atoms with Gasteiger partial charge < -0.3 is 4.42 Å². The van der Waals surface area contributed by atoms with Crippen LogP contribution in [0.25, 0.3) is 86.3 Å². The van der Waals surface area contributed by atoms with E-state index in [0.717, 1.165) is 27.9 Å². The molecular weight excluding hydrogens is 529 g/mol. The van der Waals surface area contributed by atoms with Gasteiger partial charge in [0.25, 0.3) is 0 Å². The van der Waals surface area contributed by atoms with Gasteiger partial charge in [0.05, 0.1) is 0 Å². The summed E-state index contributed by atoms with van der Waals surface area (Å²) < 4.78 is 9.46. The number of hydrogen-bond acceptors (Lipinski definition) is 2. The lowest BCUT2D eigenvalue weighted by atomic mass is 9.84. The zero-order valence-electron chi connectivity index (χ0n) is 22.7. The predicted octanol–water partition coefficient (Wildman–Crippen LogP) is 12.1. The molecule has 9 aromatic rings. The Bertz CT molecular complexity index is 2390. The van der Waals surface area contributed by atoms with Gasteiger partial charge in [-0.3, -0.25) is 0 Å². The van der Waals surface area contributed by atoms with E-state index in [4.69, 9.17) is 4.42 Å². The van der Waals surface area contributed by atoms with Gasteiger partial charge in [0.1, 0.15) is 11.3 Å². The van der Waals surface area contributed by atoms with Gasteiger partial charge in [0.15, 0.2) is 0 Å². The third-order valence-electron chi connectivity index (χ3n) is 8.47. The van der Waals surface area contributed by atoms with E-state index in [9.17, 15) is 0 Å². The smallest absolute Gasteiger partial charge is 0.143 e. The molecule has 9 rings (SSSR count). The van der Waals surface area contributed by atoms with Crippen LogP contribution in [0.2, 0.25) is 0 Å². The second-order valence-corrected chi connectivity index (χ2v) is 11.9. The molecule has 0 N–H and O–H groups in total. The maximum absolute atomic E-state index is 6.88. The number of rotatable bonds is 3. The average molecular weight is 553 g/mol. The molecule has 0 spiro atoms. The summed E-state index contributed by atoms with van der Waals surface area (Å²) in [5.74, 6) is 0.912. The molecule has 7 aromatic carbocycles. The summed E-state index contributed by atoms with van der Waals surface area (Å²) in [5, 5.41) is 8.62. The first-order chi connectivity index (χ1) is 20.8. The maximum atomic E-state index is 6.88. The van der Waals surface area contributed by atoms with Crippen molar-refractivity contribution in [2.45, 2.75) is 0 Å². The molecule has 2 heterocycles. The molecule has 196 valence electrons. The molecule has 1 nitrogen and oxygen atoms in total. The molecule has 0 bridgehead atoms. The minimum Gasteiger partial charge on any atom is -0.455 e. The van der Waals surface area contributed by atoms with Crippen LogP contribution in [0.1, 0.15) is 0 Å². The van der Waals surface area contributed by atoms with Gasteiger partial charge >= 0.3 is 0 Å². The standard InChI is InChI=1S/C40H24OS/c1-3-13-25(14-4-1)37-28-18-7-9-20-30(28)38(31-21-10-8-19-29(31)37)39-33-24-36-32(27-17-11-12-22-35(27)42-36)23-34(33)41-40(39)26-15-5-2-6-16-26/h1-24H. The zero-order chi connectivity index (χ0) is 27.6. The van der Waals surface area contributed by atoms with Gasteiger partial charge in [-0.1, -0.05) is 127 Å². The molecule has 2 aromatic heterocycles. The van der Waals surface area contributed by atoms with Crippen LogP contribution in [0.4, 0.5) is 0 Å². The molecule has 0 saturated heterocycles. The van der Waals surface area contributed by atoms with Crippen LogP contribution in [0.3, 0.4) is 0 Å². The van der Waals surface area contributed by atoms with Crippen molar-refractivity contribution in [3.05, 3.63) is 146 Å². The second kappa shape index (κ2) is 9.17. The van der Waals surface area contributed by atoms with E-state index in [1.165, 1.54) is 58.4 Å². The Labute approximate surface area is 246 Å². The van der Waals surface area contributed by atoms with Crippen molar-refractivity contribution in [3.8, 4) is 33.6 Å². The fourth-order valence-corrected chi connectivity index (χ4v) is 7.80. The van der Waals surface area contributed by atoms with Crippen molar-refractivity contribution in [2.24, 2.45) is 0 Å². The number of benzene rings is 7. The molecule has 42 heavy (non-hydrogen) atoms. The van der Waals surface area contributed by atoms with Crippen molar-refractivity contribution >= 4 is 64.0 Å². The van der Waals surface area contributed by atoms with Gasteiger partial charge in [-0.15, -0.1) is 11.3 Å². The minimum absolute atomic E-state index is 0.912. The topological polar surface area (TPSA) is 13.1 Å². The van der Waals surface area contributed by atoms with E-state index in [-0.39, 0.29) is 0 Å². The fourth-order valence-electron chi connectivity index (χ4n) is 6.67. The summed E-state index contributed by atoms with van der Waals surface area (Å²) in [4.78, 5) is 0. The van der Waals surface area contributed by atoms with Crippen LogP contribution in [0, 0.1) is 0 Å². The number of fused-ring (bicyclic) bond motifs is 6. The molecule has 2 heteroatoms. The molecule has 0 radical (unpaired) electrons. The molecule has 0 aliphatic rings. The summed E-state index contributed by atoms with van der Waals surface area (Å²) in [6.07, 6.45) is 0. The Morgan fingerprint density at radius 3 is 1.52 bits per heavy atom. The summed E-state index contributed by atoms with van der Waals surface area (Å²) >= 11 is 1.85. The number of furan rings is 1. The van der Waals surface area contributed by atoms with Crippen molar-refractivity contribution in [1.29, 1.82) is 0 Å². The van der Waals surface area contributed by atoms with E-state index < -0.39 is 0 Å². The van der Waals surface area contributed by atoms with Crippen LogP contribution >= 0.6 is 11.3 Å². The third-order valence-corrected chi connectivity index (χ3v) is 9.60. The predicted molar refractivity (Wildman–Crippen MR) is 180 cm³/mol. The van der Waals surface area contributed by atoms with Crippen molar-refractivity contribution in [2.75, 3.05) is 0 Å². The quantitative estimate of drug-likeness (QED) is 0.199. The first-order valence-electron chi connectivity index (χ1n) is 14.3. The maximum Gasteiger partial charge on any atom is 0.143 e. The summed E-state index contributed by atoms with van der Waals surface area (Å²) in [6, 6.07) is 52.3. The fraction of sp³-hybridized carbons (Fsp3) is 0. The first kappa shape index (κ1) is 23.5. The van der Waals surface area contributed by atoms with Gasteiger partial charge in [0.2, 0.25) is 0 Å². The van der Waals surface area contributed by atoms with Crippen LogP contribution in [-0.4, -0.2) is 0 Å². The highest BCUT2D eigenvalue weighted by molar-refractivity contribution is 7.25. The Morgan fingerprint density at radius 1 is 0.357 bits per heavy atom. The van der Waals surface area contributed by atoms with Gasteiger partial charge in [-0.05, 0) is 50.9 Å². The summed E-state index contributed by atoms with van der Waals surface area (Å²) in [7, 11) is 0. The molecule has 0 fully saturated rings. The first-order valence-corrected chi connectivity index (χ1v) is 15.1. The summed E-state index contributed by atoms with van der Waals surface area (Å²) in [5.41, 5.74) is 6.87. The van der Waals surface area contributed by atoms with Gasteiger partial charge in [-0.25, -0.2) is 0 Å². The lowest BCUT2D eigenvalue weighted by molar-refractivity contribution is 0.633. The number of thiophene rings is 1. The minimum atomic E-state index is 0.912. The van der Waals surface area contributed by atoms with Crippen molar-refractivity contribution < 1.29 is 4.42 Å². The summed E-state index contributed by atoms with van der Waals surface area (Å²) in [6.45, 7) is 0. The molecule has 0 atom stereocenters. The molecule has 0 aliphatic carbocycles. The van der Waals surface area contributed by atoms with Crippen LogP contribution in [0.15, 0.2) is 150 Å². The van der Waals surface area contributed by atoms with Gasteiger partial charge in [0, 0.05) is 42.2 Å². The monoisotopic (exact) mass is 552 g/mol. The lowest BCUT2D eigenvalue weighted by Gasteiger charge is -2.18. The second-order valence-electron chi connectivity index (χ2n) is 10.8. The van der Waals surface area contributed by atoms with Crippen LogP contribution < -0.4 is 0 Å². The van der Waals surface area contributed by atoms with E-state index in [2.05, 4.69) is 146 Å². The Kier molecular flexibility index (Phi) is 5.13. The highest BCUT2D eigenvalue weighted by atomic mass is 32.1. The van der Waals surface area contributed by atoms with E-state index in [1.807, 2.05) is 11.3 Å². The normalized spacial score (nSPS) is 11.8. The third kappa shape index (κ3) is 3.43. The van der Waals surface area contributed by atoms with Crippen LogP contribution in [-0.2, 0) is 0 Å². The zero-order valence-corrected chi connectivity index (χ0v) is 23.5. The largest absolute Gasteiger partial charge is 0.455 e. The molecule has 0 aliphatic heterocycles. The molecule has 0 unspecified atom stereocenters. The number of hydrogen-bond donors (Lipinski definition) is 0. The highest BCUT2D eigenvalue weighted by Crippen LogP contribution is 2.50. The van der Waals surface area contributed by atoms with E-state index in [1.54, 1.807) is 0 Å². The van der Waals surface area contributed by atoms with Crippen molar-refractivity contribution in [1.82, 2.24) is 0 Å². The Balaban J connectivity index is 1.48. The SMILES string of the molecule is c1ccc(-c2oc3cc4c(cc3c2-c2c3ccccc3c(-c3ccccc3)c3ccccc23)sc2ccccc24)cc1. The van der Waals surface area contributed by atoms with E-state index in [0.29, 0.717) is 0 Å². The molecule has 0 saturated carbocycles. The average Bonchev–Trinajstić information content (AvgIpc) is 3.61.